The van der Waals surface area contributed by atoms with Crippen molar-refractivity contribution < 1.29 is 5.11 Å². The Kier molecular flexibility index (Phi) is 4.57. The van der Waals surface area contributed by atoms with Crippen LogP contribution in [0.3, 0.4) is 0 Å². The Balaban J connectivity index is 2.56. The summed E-state index contributed by atoms with van der Waals surface area (Å²) in [5.41, 5.74) is 3.51. The predicted molar refractivity (Wildman–Crippen MR) is 65.1 cm³/mol. The van der Waals surface area contributed by atoms with Crippen molar-refractivity contribution >= 4 is 0 Å². The van der Waals surface area contributed by atoms with Crippen molar-refractivity contribution in [1.29, 1.82) is 0 Å². The van der Waals surface area contributed by atoms with E-state index >= 15 is 0 Å². The van der Waals surface area contributed by atoms with E-state index in [0.29, 0.717) is 6.42 Å². The topological polar surface area (TPSA) is 38.1 Å². The molecule has 0 amide bonds. The maximum absolute atomic E-state index is 9.70. The third kappa shape index (κ3) is 3.11. The number of aromatic nitrogens is 2. The van der Waals surface area contributed by atoms with Crippen LogP contribution < -0.4 is 0 Å². The maximum atomic E-state index is 9.70. The van der Waals surface area contributed by atoms with Crippen LogP contribution in [-0.4, -0.2) is 21.0 Å². The Morgan fingerprint density at radius 1 is 1.44 bits per heavy atom. The lowest BCUT2D eigenvalue weighted by atomic mass is 10.0. The largest absolute Gasteiger partial charge is 0.392 e. The zero-order chi connectivity index (χ0) is 12.1. The highest BCUT2D eigenvalue weighted by molar-refractivity contribution is 5.24. The molecular weight excluding hydrogens is 200 g/mol. The summed E-state index contributed by atoms with van der Waals surface area (Å²) in [6, 6.07) is 0. The van der Waals surface area contributed by atoms with Gasteiger partial charge in [-0.05, 0) is 39.2 Å². The summed E-state index contributed by atoms with van der Waals surface area (Å²) in [6.45, 7) is 5.87. The zero-order valence-electron chi connectivity index (χ0n) is 10.5. The first-order valence-corrected chi connectivity index (χ1v) is 5.63. The Morgan fingerprint density at radius 2 is 2.12 bits per heavy atom. The third-order valence-corrected chi connectivity index (χ3v) is 2.90. The molecule has 0 spiro atoms. The van der Waals surface area contributed by atoms with Gasteiger partial charge in [0.15, 0.2) is 0 Å². The summed E-state index contributed by atoms with van der Waals surface area (Å²) in [4.78, 5) is 0. The van der Waals surface area contributed by atoms with Crippen LogP contribution in [0.15, 0.2) is 0 Å². The minimum absolute atomic E-state index is 0.327. The molecule has 0 aliphatic heterocycles. The summed E-state index contributed by atoms with van der Waals surface area (Å²) in [7, 11) is 1.95. The Hall–Kier alpha value is -1.27. The van der Waals surface area contributed by atoms with Gasteiger partial charge in [-0.15, -0.1) is 11.8 Å². The summed E-state index contributed by atoms with van der Waals surface area (Å²) in [6.07, 6.45) is 1.86. The quantitative estimate of drug-likeness (QED) is 0.785. The molecule has 88 valence electrons. The number of aryl methyl sites for hydroxylation is 2. The highest BCUT2D eigenvalue weighted by Gasteiger charge is 2.11. The molecule has 16 heavy (non-hydrogen) atoms. The van der Waals surface area contributed by atoms with E-state index < -0.39 is 0 Å². The molecular formula is C13H20N2O. The molecule has 0 aliphatic rings. The van der Waals surface area contributed by atoms with Crippen molar-refractivity contribution in [3.8, 4) is 11.8 Å². The second-order valence-corrected chi connectivity index (χ2v) is 4.10. The number of rotatable bonds is 4. The van der Waals surface area contributed by atoms with Crippen LogP contribution in [0.2, 0.25) is 0 Å². The normalized spacial score (nSPS) is 12.1. The van der Waals surface area contributed by atoms with Gasteiger partial charge in [-0.2, -0.15) is 5.10 Å². The average molecular weight is 220 g/mol. The lowest BCUT2D eigenvalue weighted by Crippen LogP contribution is -2.07. The number of aliphatic hydroxyl groups is 1. The standard InChI is InChI=1S/C13H20N2O/c1-5-6-7-12(16)8-9-13-10(2)14-15(4)11(13)3/h12,16H,7-9H2,1-4H3. The van der Waals surface area contributed by atoms with E-state index in [1.54, 1.807) is 6.92 Å². The van der Waals surface area contributed by atoms with E-state index in [9.17, 15) is 5.11 Å². The van der Waals surface area contributed by atoms with Crippen LogP contribution in [-0.2, 0) is 13.5 Å². The molecule has 1 aromatic heterocycles. The van der Waals surface area contributed by atoms with E-state index in [0.717, 1.165) is 18.5 Å². The van der Waals surface area contributed by atoms with E-state index in [2.05, 4.69) is 23.9 Å². The lowest BCUT2D eigenvalue weighted by Gasteiger charge is -2.07. The molecule has 1 heterocycles. The second kappa shape index (κ2) is 5.72. The van der Waals surface area contributed by atoms with E-state index in [-0.39, 0.29) is 6.10 Å². The van der Waals surface area contributed by atoms with Crippen LogP contribution in [0.4, 0.5) is 0 Å². The Bertz CT molecular complexity index is 410. The monoisotopic (exact) mass is 220 g/mol. The molecule has 0 saturated heterocycles. The van der Waals surface area contributed by atoms with Crippen LogP contribution in [0, 0.1) is 25.7 Å². The minimum Gasteiger partial charge on any atom is -0.392 e. The molecule has 1 N–H and O–H groups in total. The van der Waals surface area contributed by atoms with Gasteiger partial charge in [0.05, 0.1) is 11.8 Å². The van der Waals surface area contributed by atoms with Gasteiger partial charge in [-0.3, -0.25) is 4.68 Å². The van der Waals surface area contributed by atoms with Gasteiger partial charge in [0, 0.05) is 19.2 Å². The highest BCUT2D eigenvalue weighted by atomic mass is 16.3. The van der Waals surface area contributed by atoms with Gasteiger partial charge >= 0.3 is 0 Å². The fourth-order valence-corrected chi connectivity index (χ4v) is 1.81. The molecule has 0 fully saturated rings. The van der Waals surface area contributed by atoms with Gasteiger partial charge in [0.2, 0.25) is 0 Å². The number of nitrogens with zero attached hydrogens (tertiary/aromatic N) is 2. The second-order valence-electron chi connectivity index (χ2n) is 4.10. The van der Waals surface area contributed by atoms with Crippen molar-refractivity contribution in [2.75, 3.05) is 0 Å². The van der Waals surface area contributed by atoms with Crippen LogP contribution in [0.5, 0.6) is 0 Å². The molecule has 1 atom stereocenters. The average Bonchev–Trinajstić information content (AvgIpc) is 2.48. The smallest absolute Gasteiger partial charge is 0.0652 e. The summed E-state index contributed by atoms with van der Waals surface area (Å²) < 4.78 is 1.89. The number of hydrogen-bond acceptors (Lipinski definition) is 2. The number of aliphatic hydroxyl groups excluding tert-OH is 1. The van der Waals surface area contributed by atoms with Gasteiger partial charge in [0.1, 0.15) is 0 Å². The maximum Gasteiger partial charge on any atom is 0.0652 e. The Morgan fingerprint density at radius 3 is 2.62 bits per heavy atom. The van der Waals surface area contributed by atoms with E-state index in [1.165, 1.54) is 11.3 Å². The van der Waals surface area contributed by atoms with Crippen LogP contribution in [0.25, 0.3) is 0 Å². The summed E-state index contributed by atoms with van der Waals surface area (Å²) in [5, 5.41) is 14.1. The zero-order valence-corrected chi connectivity index (χ0v) is 10.5. The SMILES string of the molecule is CC#CCC(O)CCc1c(C)nn(C)c1C. The van der Waals surface area contributed by atoms with Crippen molar-refractivity contribution in [1.82, 2.24) is 9.78 Å². The number of hydrogen-bond donors (Lipinski definition) is 1. The fraction of sp³-hybridized carbons (Fsp3) is 0.615. The first-order chi connectivity index (χ1) is 7.56. The molecule has 3 nitrogen and oxygen atoms in total. The van der Waals surface area contributed by atoms with Gasteiger partial charge in [-0.25, -0.2) is 0 Å². The molecule has 0 radical (unpaired) electrons. The molecule has 0 saturated carbocycles. The van der Waals surface area contributed by atoms with Crippen molar-refractivity contribution in [3.63, 3.8) is 0 Å². The molecule has 0 aliphatic carbocycles. The molecule has 1 rings (SSSR count). The van der Waals surface area contributed by atoms with E-state index in [4.69, 9.17) is 0 Å². The van der Waals surface area contributed by atoms with Gasteiger partial charge in [-0.1, -0.05) is 0 Å². The fourth-order valence-electron chi connectivity index (χ4n) is 1.81. The van der Waals surface area contributed by atoms with Gasteiger partial charge < -0.3 is 5.11 Å². The van der Waals surface area contributed by atoms with E-state index in [1.807, 2.05) is 18.7 Å². The minimum atomic E-state index is -0.327. The first-order valence-electron chi connectivity index (χ1n) is 5.63. The van der Waals surface area contributed by atoms with Crippen molar-refractivity contribution in [2.45, 2.75) is 46.1 Å². The summed E-state index contributed by atoms with van der Waals surface area (Å²) in [5.74, 6) is 5.70. The molecule has 0 bridgehead atoms. The van der Waals surface area contributed by atoms with Crippen LogP contribution >= 0.6 is 0 Å². The van der Waals surface area contributed by atoms with Gasteiger partial charge in [0.25, 0.3) is 0 Å². The van der Waals surface area contributed by atoms with Crippen molar-refractivity contribution in [3.05, 3.63) is 17.0 Å². The predicted octanol–water partition coefficient (Wildman–Crippen LogP) is 1.74. The molecule has 1 unspecified atom stereocenters. The Labute approximate surface area is 97.5 Å². The van der Waals surface area contributed by atoms with Crippen LogP contribution in [0.1, 0.15) is 36.7 Å². The first kappa shape index (κ1) is 12.8. The third-order valence-electron chi connectivity index (χ3n) is 2.90. The van der Waals surface area contributed by atoms with Crippen molar-refractivity contribution in [2.24, 2.45) is 7.05 Å². The molecule has 1 aromatic rings. The molecule has 0 aromatic carbocycles. The highest BCUT2D eigenvalue weighted by Crippen LogP contribution is 2.15. The summed E-state index contributed by atoms with van der Waals surface area (Å²) >= 11 is 0. The lowest BCUT2D eigenvalue weighted by molar-refractivity contribution is 0.170. The molecule has 3 heteroatoms.